The summed E-state index contributed by atoms with van der Waals surface area (Å²) in [4.78, 5) is 22.5. The van der Waals surface area contributed by atoms with Crippen LogP contribution in [0.25, 0.3) is 0 Å². The first kappa shape index (κ1) is 19.7. The number of nitrogens with two attached hydrogens (primary N) is 1. The van der Waals surface area contributed by atoms with Crippen molar-refractivity contribution >= 4 is 24.0 Å². The fourth-order valence-corrected chi connectivity index (χ4v) is 3.59. The quantitative estimate of drug-likeness (QED) is 0.785. The van der Waals surface area contributed by atoms with Gasteiger partial charge in [-0.3, -0.25) is 9.59 Å². The summed E-state index contributed by atoms with van der Waals surface area (Å²) in [5, 5.41) is 7.66. The normalized spacial score (nSPS) is 18.9. The van der Waals surface area contributed by atoms with Gasteiger partial charge in [-0.1, -0.05) is 23.7 Å². The molecule has 1 saturated carbocycles. The van der Waals surface area contributed by atoms with Crippen molar-refractivity contribution in [3.05, 3.63) is 34.9 Å². The molecule has 3 N–H and O–H groups in total. The number of hydrogen-bond acceptors (Lipinski definition) is 3. The van der Waals surface area contributed by atoms with Gasteiger partial charge in [0.05, 0.1) is 0 Å². The molecular formula is C19H27ClN2O3. The molecule has 1 aliphatic carbocycles. The highest BCUT2D eigenvalue weighted by atomic mass is 35.5. The molecule has 138 valence electrons. The van der Waals surface area contributed by atoms with E-state index in [0.29, 0.717) is 17.7 Å². The Bertz CT molecular complexity index is 570. The zero-order chi connectivity index (χ0) is 18.2. The maximum absolute atomic E-state index is 12.1. The van der Waals surface area contributed by atoms with Crippen molar-refractivity contribution in [2.24, 2.45) is 17.6 Å². The molecule has 0 spiro atoms. The van der Waals surface area contributed by atoms with Crippen LogP contribution in [0.1, 0.15) is 37.7 Å². The van der Waals surface area contributed by atoms with Crippen LogP contribution in [-0.4, -0.2) is 41.5 Å². The molecule has 1 aliphatic heterocycles. The molecule has 2 aliphatic rings. The number of halogens is 1. The second-order valence-corrected chi connectivity index (χ2v) is 7.41. The third kappa shape index (κ3) is 6.67. The monoisotopic (exact) mass is 366 g/mol. The summed E-state index contributed by atoms with van der Waals surface area (Å²) in [7, 11) is 0. The Morgan fingerprint density at radius 1 is 1.32 bits per heavy atom. The highest BCUT2D eigenvalue weighted by Gasteiger charge is 2.30. The van der Waals surface area contributed by atoms with Crippen molar-refractivity contribution in [1.82, 2.24) is 4.90 Å². The predicted molar refractivity (Wildman–Crippen MR) is 98.5 cm³/mol. The number of benzene rings is 1. The molecule has 1 aromatic rings. The number of carbonyl (C=O) groups excluding carboxylic acids is 1. The van der Waals surface area contributed by atoms with Crippen molar-refractivity contribution in [1.29, 1.82) is 0 Å². The second-order valence-electron chi connectivity index (χ2n) is 6.97. The fourth-order valence-electron chi connectivity index (χ4n) is 3.38. The van der Waals surface area contributed by atoms with Crippen LogP contribution in [0.5, 0.6) is 0 Å². The maximum atomic E-state index is 12.1. The summed E-state index contributed by atoms with van der Waals surface area (Å²) >= 11 is 6.03. The molecular weight excluding hydrogens is 340 g/mol. The Morgan fingerprint density at radius 3 is 2.52 bits per heavy atom. The first-order chi connectivity index (χ1) is 12.0. The van der Waals surface area contributed by atoms with Crippen molar-refractivity contribution in [3.63, 3.8) is 0 Å². The molecule has 0 radical (unpaired) electrons. The van der Waals surface area contributed by atoms with Gasteiger partial charge in [-0.15, -0.1) is 0 Å². The molecule has 0 bridgehead atoms. The SMILES string of the molecule is NC(Cc1cccc(Cl)c1)C1CCN(C(=O)CC2CC2)CC1.O=CO. The van der Waals surface area contributed by atoms with E-state index in [-0.39, 0.29) is 12.5 Å². The first-order valence-electron chi connectivity index (χ1n) is 8.89. The molecule has 1 saturated heterocycles. The van der Waals surface area contributed by atoms with Gasteiger partial charge >= 0.3 is 0 Å². The van der Waals surface area contributed by atoms with E-state index in [2.05, 4.69) is 6.07 Å². The lowest BCUT2D eigenvalue weighted by atomic mass is 9.86. The Labute approximate surface area is 154 Å². The van der Waals surface area contributed by atoms with E-state index in [1.807, 2.05) is 23.1 Å². The number of piperidine rings is 1. The molecule has 1 aromatic carbocycles. The number of nitrogens with zero attached hydrogens (tertiary/aromatic N) is 1. The minimum Gasteiger partial charge on any atom is -0.483 e. The van der Waals surface area contributed by atoms with Crippen LogP contribution in [0.4, 0.5) is 0 Å². The topological polar surface area (TPSA) is 83.6 Å². The number of hydrogen-bond donors (Lipinski definition) is 2. The zero-order valence-electron chi connectivity index (χ0n) is 14.4. The van der Waals surface area contributed by atoms with Crippen molar-refractivity contribution in [2.45, 2.75) is 44.6 Å². The molecule has 1 heterocycles. The molecule has 25 heavy (non-hydrogen) atoms. The van der Waals surface area contributed by atoms with Crippen LogP contribution in [0.15, 0.2) is 24.3 Å². The van der Waals surface area contributed by atoms with Crippen LogP contribution < -0.4 is 5.73 Å². The molecule has 5 nitrogen and oxygen atoms in total. The smallest absolute Gasteiger partial charge is 0.290 e. The Morgan fingerprint density at radius 2 is 1.96 bits per heavy atom. The molecule has 1 atom stereocenters. The lowest BCUT2D eigenvalue weighted by Gasteiger charge is -2.35. The van der Waals surface area contributed by atoms with E-state index in [4.69, 9.17) is 27.2 Å². The average molecular weight is 367 g/mol. The number of rotatable bonds is 5. The van der Waals surface area contributed by atoms with Crippen molar-refractivity contribution in [2.75, 3.05) is 13.1 Å². The summed E-state index contributed by atoms with van der Waals surface area (Å²) in [5.74, 6) is 1.53. The lowest BCUT2D eigenvalue weighted by Crippen LogP contribution is -2.44. The summed E-state index contributed by atoms with van der Waals surface area (Å²) in [6.07, 6.45) is 6.16. The average Bonchev–Trinajstić information content (AvgIpc) is 3.40. The van der Waals surface area contributed by atoms with Crippen LogP contribution in [0, 0.1) is 11.8 Å². The van der Waals surface area contributed by atoms with Crippen LogP contribution in [0.3, 0.4) is 0 Å². The van der Waals surface area contributed by atoms with Gasteiger partial charge in [-0.2, -0.15) is 0 Å². The minimum absolute atomic E-state index is 0.152. The molecule has 2 fully saturated rings. The Hall–Kier alpha value is -1.59. The largest absolute Gasteiger partial charge is 0.483 e. The standard InChI is InChI=1S/C18H25ClN2O.CH2O2/c19-16-3-1-2-14(10-16)11-17(20)15-6-8-21(9-7-15)18(22)12-13-4-5-13;2-1-3/h1-3,10,13,15,17H,4-9,11-12,20H2;1H,(H,2,3). The summed E-state index contributed by atoms with van der Waals surface area (Å²) < 4.78 is 0. The van der Waals surface area contributed by atoms with Gasteiger partial charge in [0.15, 0.2) is 0 Å². The second kappa shape index (κ2) is 9.78. The summed E-state index contributed by atoms with van der Waals surface area (Å²) in [5.41, 5.74) is 7.60. The highest BCUT2D eigenvalue weighted by Crippen LogP contribution is 2.33. The highest BCUT2D eigenvalue weighted by molar-refractivity contribution is 6.30. The van der Waals surface area contributed by atoms with Gasteiger partial charge in [-0.05, 0) is 61.6 Å². The van der Waals surface area contributed by atoms with Crippen LogP contribution in [0.2, 0.25) is 5.02 Å². The summed E-state index contributed by atoms with van der Waals surface area (Å²) in [6, 6.07) is 8.10. The van der Waals surface area contributed by atoms with E-state index >= 15 is 0 Å². The number of carboxylic acid groups (broad SMARTS) is 1. The first-order valence-corrected chi connectivity index (χ1v) is 9.27. The fraction of sp³-hybridized carbons (Fsp3) is 0.579. The van der Waals surface area contributed by atoms with E-state index < -0.39 is 0 Å². The van der Waals surface area contributed by atoms with Crippen LogP contribution >= 0.6 is 11.6 Å². The van der Waals surface area contributed by atoms with Crippen LogP contribution in [-0.2, 0) is 16.0 Å². The lowest BCUT2D eigenvalue weighted by molar-refractivity contribution is -0.133. The minimum atomic E-state index is -0.250. The zero-order valence-corrected chi connectivity index (χ0v) is 15.2. The van der Waals surface area contributed by atoms with E-state index in [1.165, 1.54) is 18.4 Å². The summed E-state index contributed by atoms with van der Waals surface area (Å²) in [6.45, 7) is 1.50. The number of likely N-dealkylation sites (tertiary alicyclic amines) is 1. The van der Waals surface area contributed by atoms with Crippen molar-refractivity contribution < 1.29 is 14.7 Å². The van der Waals surface area contributed by atoms with E-state index in [1.54, 1.807) is 0 Å². The Balaban J connectivity index is 0.000000701. The molecule has 6 heteroatoms. The maximum Gasteiger partial charge on any atom is 0.290 e. The Kier molecular flexibility index (Phi) is 7.72. The van der Waals surface area contributed by atoms with E-state index in [0.717, 1.165) is 43.8 Å². The predicted octanol–water partition coefficient (Wildman–Crippen LogP) is 2.95. The van der Waals surface area contributed by atoms with Gasteiger partial charge < -0.3 is 15.7 Å². The van der Waals surface area contributed by atoms with Gasteiger partial charge in [0, 0.05) is 30.6 Å². The molecule has 3 rings (SSSR count). The third-order valence-electron chi connectivity index (χ3n) is 5.02. The van der Waals surface area contributed by atoms with Gasteiger partial charge in [0.25, 0.3) is 6.47 Å². The van der Waals surface area contributed by atoms with Gasteiger partial charge in [0.2, 0.25) is 5.91 Å². The van der Waals surface area contributed by atoms with E-state index in [9.17, 15) is 4.79 Å². The van der Waals surface area contributed by atoms with Gasteiger partial charge in [0.1, 0.15) is 0 Å². The third-order valence-corrected chi connectivity index (χ3v) is 5.25. The van der Waals surface area contributed by atoms with Gasteiger partial charge in [-0.25, -0.2) is 0 Å². The molecule has 0 aromatic heterocycles. The van der Waals surface area contributed by atoms with Crippen molar-refractivity contribution in [3.8, 4) is 0 Å². The number of amides is 1. The molecule has 1 unspecified atom stereocenters. The number of carbonyl (C=O) groups is 2. The molecule has 1 amide bonds.